The van der Waals surface area contributed by atoms with E-state index in [1.54, 1.807) is 6.92 Å². The molecular weight excluding hydrogens is 267 g/mol. The molecule has 1 atom stereocenters. The second-order valence-corrected chi connectivity index (χ2v) is 5.09. The number of hydrogen-bond donors (Lipinski definition) is 1. The van der Waals surface area contributed by atoms with E-state index in [-0.39, 0.29) is 5.56 Å². The summed E-state index contributed by atoms with van der Waals surface area (Å²) in [5, 5.41) is 13.6. The van der Waals surface area contributed by atoms with E-state index in [4.69, 9.17) is 4.74 Å². The molecule has 2 rings (SSSR count). The highest BCUT2D eigenvalue weighted by atomic mass is 19.1. The lowest BCUT2D eigenvalue weighted by molar-refractivity contribution is -0.385. The molecule has 1 aromatic rings. The van der Waals surface area contributed by atoms with Crippen molar-refractivity contribution < 1.29 is 18.8 Å². The molecule has 0 radical (unpaired) electrons. The second-order valence-electron chi connectivity index (χ2n) is 5.09. The number of amides is 1. The lowest BCUT2D eigenvalue weighted by Crippen LogP contribution is -2.51. The maximum absolute atomic E-state index is 13.2. The molecule has 6 nitrogen and oxygen atoms in total. The minimum atomic E-state index is -0.700. The standard InChI is InChI=1S/C13H15FN2O4/c1-13(5-2-6-20-8-13)15-12(17)10-7-9(14)3-4-11(10)16(18)19/h3-4,7H,2,5-6,8H2,1H3,(H,15,17). The third-order valence-corrected chi connectivity index (χ3v) is 3.25. The fraction of sp³-hybridized carbons (Fsp3) is 0.462. The molecule has 1 fully saturated rings. The average Bonchev–Trinajstić information content (AvgIpc) is 2.38. The first-order valence-corrected chi connectivity index (χ1v) is 6.25. The molecule has 0 saturated carbocycles. The Balaban J connectivity index is 2.24. The van der Waals surface area contributed by atoms with Crippen LogP contribution in [-0.2, 0) is 4.74 Å². The molecule has 1 aliphatic heterocycles. The zero-order valence-electron chi connectivity index (χ0n) is 11.0. The summed E-state index contributed by atoms with van der Waals surface area (Å²) < 4.78 is 18.5. The Bertz CT molecular complexity index is 541. The largest absolute Gasteiger partial charge is 0.379 e. The highest BCUT2D eigenvalue weighted by molar-refractivity contribution is 5.98. The van der Waals surface area contributed by atoms with E-state index in [1.165, 1.54) is 0 Å². The van der Waals surface area contributed by atoms with Gasteiger partial charge < -0.3 is 10.1 Å². The van der Waals surface area contributed by atoms with Gasteiger partial charge in [-0.2, -0.15) is 0 Å². The van der Waals surface area contributed by atoms with Crippen molar-refractivity contribution in [1.82, 2.24) is 5.32 Å². The summed E-state index contributed by atoms with van der Waals surface area (Å²) in [5.74, 6) is -1.35. The first-order chi connectivity index (χ1) is 9.41. The minimum Gasteiger partial charge on any atom is -0.379 e. The molecule has 1 heterocycles. The summed E-state index contributed by atoms with van der Waals surface area (Å²) in [6.07, 6.45) is 1.50. The maximum atomic E-state index is 13.2. The summed E-state index contributed by atoms with van der Waals surface area (Å²) in [7, 11) is 0. The van der Waals surface area contributed by atoms with Crippen LogP contribution in [0, 0.1) is 15.9 Å². The monoisotopic (exact) mass is 282 g/mol. The van der Waals surface area contributed by atoms with Gasteiger partial charge >= 0.3 is 0 Å². The number of nitrogens with one attached hydrogen (secondary N) is 1. The first-order valence-electron chi connectivity index (χ1n) is 6.25. The lowest BCUT2D eigenvalue weighted by atomic mass is 9.94. The Hall–Kier alpha value is -2.02. The predicted molar refractivity (Wildman–Crippen MR) is 69.0 cm³/mol. The number of hydrogen-bond acceptors (Lipinski definition) is 4. The number of carbonyl (C=O) groups is 1. The molecule has 1 saturated heterocycles. The number of nitro benzene ring substituents is 1. The summed E-state index contributed by atoms with van der Waals surface area (Å²) in [6, 6.07) is 2.82. The Morgan fingerprint density at radius 3 is 2.90 bits per heavy atom. The third kappa shape index (κ3) is 3.11. The van der Waals surface area contributed by atoms with Crippen LogP contribution >= 0.6 is 0 Å². The molecule has 1 aliphatic rings. The van der Waals surface area contributed by atoms with Gasteiger partial charge in [0.15, 0.2) is 0 Å². The van der Waals surface area contributed by atoms with Crippen molar-refractivity contribution in [3.05, 3.63) is 39.7 Å². The fourth-order valence-corrected chi connectivity index (χ4v) is 2.22. The second kappa shape index (κ2) is 5.54. The van der Waals surface area contributed by atoms with E-state index in [9.17, 15) is 19.3 Å². The smallest absolute Gasteiger partial charge is 0.282 e. The maximum Gasteiger partial charge on any atom is 0.282 e. The summed E-state index contributed by atoms with van der Waals surface area (Å²) in [4.78, 5) is 22.3. The van der Waals surface area contributed by atoms with Gasteiger partial charge in [0.2, 0.25) is 0 Å². The van der Waals surface area contributed by atoms with Crippen LogP contribution in [0.1, 0.15) is 30.1 Å². The molecule has 1 N–H and O–H groups in total. The molecule has 0 bridgehead atoms. The molecule has 20 heavy (non-hydrogen) atoms. The molecule has 108 valence electrons. The predicted octanol–water partition coefficient (Wildman–Crippen LogP) is 2.03. The van der Waals surface area contributed by atoms with Crippen LogP contribution in [0.5, 0.6) is 0 Å². The van der Waals surface area contributed by atoms with Gasteiger partial charge in [-0.25, -0.2) is 4.39 Å². The quantitative estimate of drug-likeness (QED) is 0.679. The molecule has 0 aromatic heterocycles. The zero-order valence-corrected chi connectivity index (χ0v) is 11.0. The number of ether oxygens (including phenoxy) is 1. The van der Waals surface area contributed by atoms with Crippen LogP contribution in [0.15, 0.2) is 18.2 Å². The van der Waals surface area contributed by atoms with Gasteiger partial charge in [0.1, 0.15) is 11.4 Å². The third-order valence-electron chi connectivity index (χ3n) is 3.25. The van der Waals surface area contributed by atoms with Crippen molar-refractivity contribution in [2.24, 2.45) is 0 Å². The Morgan fingerprint density at radius 2 is 2.30 bits per heavy atom. The van der Waals surface area contributed by atoms with Crippen molar-refractivity contribution in [2.45, 2.75) is 25.3 Å². The minimum absolute atomic E-state index is 0.276. The van der Waals surface area contributed by atoms with Crippen molar-refractivity contribution in [3.63, 3.8) is 0 Å². The van der Waals surface area contributed by atoms with Gasteiger partial charge in [-0.15, -0.1) is 0 Å². The van der Waals surface area contributed by atoms with Crippen molar-refractivity contribution in [3.8, 4) is 0 Å². The van der Waals surface area contributed by atoms with Gasteiger partial charge in [0, 0.05) is 12.7 Å². The van der Waals surface area contributed by atoms with Gasteiger partial charge in [0.05, 0.1) is 17.1 Å². The van der Waals surface area contributed by atoms with Crippen molar-refractivity contribution in [1.29, 1.82) is 0 Å². The van der Waals surface area contributed by atoms with Crippen LogP contribution in [0.4, 0.5) is 10.1 Å². The highest BCUT2D eigenvalue weighted by Crippen LogP contribution is 2.23. The topological polar surface area (TPSA) is 81.5 Å². The van der Waals surface area contributed by atoms with Crippen molar-refractivity contribution in [2.75, 3.05) is 13.2 Å². The summed E-state index contributed by atoms with van der Waals surface area (Å²) in [6.45, 7) is 2.77. The number of rotatable bonds is 3. The Labute approximate surface area is 115 Å². The molecule has 1 amide bonds. The number of benzene rings is 1. The van der Waals surface area contributed by atoms with Gasteiger partial charge in [-0.1, -0.05) is 0 Å². The molecule has 1 unspecified atom stereocenters. The molecule has 7 heteroatoms. The number of carbonyl (C=O) groups excluding carboxylic acids is 1. The van der Waals surface area contributed by atoms with Gasteiger partial charge in [-0.05, 0) is 31.9 Å². The van der Waals surface area contributed by atoms with E-state index in [1.807, 2.05) is 0 Å². The van der Waals surface area contributed by atoms with Crippen LogP contribution in [0.2, 0.25) is 0 Å². The van der Waals surface area contributed by atoms with E-state index in [0.717, 1.165) is 24.6 Å². The van der Waals surface area contributed by atoms with E-state index >= 15 is 0 Å². The highest BCUT2D eigenvalue weighted by Gasteiger charge is 2.31. The summed E-state index contributed by atoms with van der Waals surface area (Å²) >= 11 is 0. The van der Waals surface area contributed by atoms with E-state index in [0.29, 0.717) is 19.6 Å². The van der Waals surface area contributed by atoms with Crippen molar-refractivity contribution >= 4 is 11.6 Å². The normalized spacial score (nSPS) is 22.3. The fourth-order valence-electron chi connectivity index (χ4n) is 2.22. The van der Waals surface area contributed by atoms with Gasteiger partial charge in [0.25, 0.3) is 11.6 Å². The lowest BCUT2D eigenvalue weighted by Gasteiger charge is -2.34. The van der Waals surface area contributed by atoms with E-state index in [2.05, 4.69) is 5.32 Å². The number of halogens is 1. The first kappa shape index (κ1) is 14.4. The summed E-state index contributed by atoms with van der Waals surface area (Å²) in [5.41, 5.74) is -1.28. The Kier molecular flexibility index (Phi) is 3.99. The zero-order chi connectivity index (χ0) is 14.8. The van der Waals surface area contributed by atoms with Crippen LogP contribution < -0.4 is 5.32 Å². The Morgan fingerprint density at radius 1 is 1.55 bits per heavy atom. The SMILES string of the molecule is CC1(NC(=O)c2cc(F)ccc2[N+](=O)[O-])CCCOC1. The van der Waals surface area contributed by atoms with Crippen LogP contribution in [-0.4, -0.2) is 29.6 Å². The van der Waals surface area contributed by atoms with Crippen LogP contribution in [0.3, 0.4) is 0 Å². The van der Waals surface area contributed by atoms with Gasteiger partial charge in [-0.3, -0.25) is 14.9 Å². The average molecular weight is 282 g/mol. The number of nitro groups is 1. The molecule has 0 spiro atoms. The molecule has 1 aromatic carbocycles. The molecule has 0 aliphatic carbocycles. The molecular formula is C13H15FN2O4. The van der Waals surface area contributed by atoms with Crippen LogP contribution in [0.25, 0.3) is 0 Å². The van der Waals surface area contributed by atoms with E-state index < -0.39 is 27.9 Å². The number of nitrogens with zero attached hydrogens (tertiary/aromatic N) is 1.